The number of halogens is 2. The Morgan fingerprint density at radius 3 is 2.19 bits per heavy atom. The molecule has 0 aliphatic rings. The molecule has 2 aromatic rings. The van der Waals surface area contributed by atoms with Crippen LogP contribution >= 0.6 is 0 Å². The van der Waals surface area contributed by atoms with Crippen LogP contribution in [0.15, 0.2) is 41.3 Å². The van der Waals surface area contributed by atoms with E-state index in [1.165, 1.54) is 64.7 Å². The van der Waals surface area contributed by atoms with Crippen molar-refractivity contribution < 1.29 is 36.2 Å². The van der Waals surface area contributed by atoms with Gasteiger partial charge in [-0.05, 0) is 30.3 Å². The van der Waals surface area contributed by atoms with Crippen molar-refractivity contribution in [2.45, 2.75) is 11.5 Å². The Bertz CT molecular complexity index is 1030. The molecule has 2 aromatic carbocycles. The second kappa shape index (κ2) is 10.3. The van der Waals surface area contributed by atoms with Crippen molar-refractivity contribution in [3.8, 4) is 17.2 Å². The number of hydrogen-bond acceptors (Lipinski definition) is 7. The molecule has 0 spiro atoms. The first kappa shape index (κ1) is 24.2. The predicted molar refractivity (Wildman–Crippen MR) is 111 cm³/mol. The molecule has 0 aliphatic carbocycles. The Morgan fingerprint density at radius 1 is 1.00 bits per heavy atom. The van der Waals surface area contributed by atoms with Gasteiger partial charge in [0.15, 0.2) is 11.5 Å². The monoisotopic (exact) mass is 459 g/mol. The molecule has 0 atom stereocenters. The maximum atomic E-state index is 12.5. The first-order valence-corrected chi connectivity index (χ1v) is 10.3. The summed E-state index contributed by atoms with van der Waals surface area (Å²) in [7, 11) is 1.61. The van der Waals surface area contributed by atoms with E-state index in [2.05, 4.69) is 15.4 Å². The molecule has 1 amide bonds. The largest absolute Gasteiger partial charge is 0.495 e. The second-order valence-corrected chi connectivity index (χ2v) is 8.42. The van der Waals surface area contributed by atoms with E-state index in [-0.39, 0.29) is 34.4 Å². The maximum Gasteiger partial charge on any atom is 0.387 e. The molecule has 12 heteroatoms. The van der Waals surface area contributed by atoms with E-state index in [9.17, 15) is 22.0 Å². The molecular formula is C19H23F2N3O6S. The molecule has 0 unspecified atom stereocenters. The minimum atomic E-state index is -3.80. The lowest BCUT2D eigenvalue weighted by molar-refractivity contribution is -0.114. The van der Waals surface area contributed by atoms with E-state index in [4.69, 9.17) is 9.47 Å². The van der Waals surface area contributed by atoms with E-state index in [1.54, 1.807) is 0 Å². The molecule has 31 heavy (non-hydrogen) atoms. The summed E-state index contributed by atoms with van der Waals surface area (Å²) in [6.45, 7) is -3.25. The number of rotatable bonds is 10. The van der Waals surface area contributed by atoms with Gasteiger partial charge in [-0.15, -0.1) is 0 Å². The van der Waals surface area contributed by atoms with Crippen LogP contribution in [-0.2, 0) is 14.8 Å². The van der Waals surface area contributed by atoms with Gasteiger partial charge in [0.25, 0.3) is 0 Å². The third-order valence-electron chi connectivity index (χ3n) is 4.04. The van der Waals surface area contributed by atoms with Crippen molar-refractivity contribution in [2.75, 3.05) is 45.5 Å². The minimum Gasteiger partial charge on any atom is -0.495 e. The third kappa shape index (κ3) is 6.18. The number of carbonyl (C=O) groups is 1. The van der Waals surface area contributed by atoms with Crippen LogP contribution < -0.4 is 24.8 Å². The molecule has 0 fully saturated rings. The summed E-state index contributed by atoms with van der Waals surface area (Å²) in [6.07, 6.45) is 0. The summed E-state index contributed by atoms with van der Waals surface area (Å²) in [6, 6.07) is 8.42. The number of anilines is 2. The Morgan fingerprint density at radius 2 is 1.61 bits per heavy atom. The highest BCUT2D eigenvalue weighted by Crippen LogP contribution is 2.31. The Hall–Kier alpha value is -3.12. The minimum absolute atomic E-state index is 0.102. The molecule has 0 aromatic heterocycles. The van der Waals surface area contributed by atoms with Crippen LogP contribution in [0.5, 0.6) is 17.2 Å². The molecule has 2 N–H and O–H groups in total. The number of benzene rings is 2. The molecule has 2 rings (SSSR count). The van der Waals surface area contributed by atoms with E-state index >= 15 is 0 Å². The van der Waals surface area contributed by atoms with Crippen molar-refractivity contribution in [3.63, 3.8) is 0 Å². The van der Waals surface area contributed by atoms with Gasteiger partial charge in [0.05, 0.1) is 20.8 Å². The zero-order chi connectivity index (χ0) is 23.2. The molecule has 0 aliphatic heterocycles. The van der Waals surface area contributed by atoms with Crippen LogP contribution in [0.1, 0.15) is 0 Å². The number of carbonyl (C=O) groups excluding carboxylic acids is 1. The van der Waals surface area contributed by atoms with Gasteiger partial charge in [-0.2, -0.15) is 8.78 Å². The first-order valence-electron chi connectivity index (χ1n) is 8.85. The molecule has 0 radical (unpaired) electrons. The van der Waals surface area contributed by atoms with Crippen molar-refractivity contribution >= 4 is 27.3 Å². The number of amides is 1. The van der Waals surface area contributed by atoms with Crippen LogP contribution in [0.25, 0.3) is 0 Å². The smallest absolute Gasteiger partial charge is 0.387 e. The number of nitrogens with zero attached hydrogens (tertiary/aromatic N) is 1. The molecule has 0 saturated carbocycles. The topological polar surface area (TPSA) is 106 Å². The molecule has 0 bridgehead atoms. The predicted octanol–water partition coefficient (Wildman–Crippen LogP) is 2.61. The van der Waals surface area contributed by atoms with E-state index < -0.39 is 22.5 Å². The summed E-state index contributed by atoms with van der Waals surface area (Å²) in [4.78, 5) is 12.2. The zero-order valence-electron chi connectivity index (χ0n) is 17.3. The highest BCUT2D eigenvalue weighted by Gasteiger charge is 2.23. The molecule has 9 nitrogen and oxygen atoms in total. The first-order chi connectivity index (χ1) is 14.6. The van der Waals surface area contributed by atoms with Crippen molar-refractivity contribution in [1.82, 2.24) is 4.31 Å². The molecule has 0 heterocycles. The van der Waals surface area contributed by atoms with E-state index in [0.717, 1.165) is 4.31 Å². The van der Waals surface area contributed by atoms with Crippen LogP contribution in [0.2, 0.25) is 0 Å². The average Bonchev–Trinajstić information content (AvgIpc) is 2.71. The van der Waals surface area contributed by atoms with Gasteiger partial charge in [-0.1, -0.05) is 0 Å². The highest BCUT2D eigenvalue weighted by atomic mass is 32.2. The maximum absolute atomic E-state index is 12.5. The van der Waals surface area contributed by atoms with Crippen LogP contribution in [-0.4, -0.2) is 60.1 Å². The zero-order valence-corrected chi connectivity index (χ0v) is 18.1. The molecular weight excluding hydrogens is 436 g/mol. The number of nitrogens with one attached hydrogen (secondary N) is 2. The highest BCUT2D eigenvalue weighted by molar-refractivity contribution is 7.89. The molecule has 170 valence electrons. The number of alkyl halides is 2. The number of methoxy groups -OCH3 is 2. The van der Waals surface area contributed by atoms with Crippen LogP contribution in [0.4, 0.5) is 20.2 Å². The fourth-order valence-electron chi connectivity index (χ4n) is 2.52. The fraction of sp³-hybridized carbons (Fsp3) is 0.316. The van der Waals surface area contributed by atoms with Gasteiger partial charge >= 0.3 is 6.61 Å². The SMILES string of the molecule is COc1ccc(NCC(=O)Nc2ccc(OC)c(S(=O)(=O)N(C)C)c2)cc1OC(F)F. The summed E-state index contributed by atoms with van der Waals surface area (Å²) in [5, 5.41) is 5.34. The lowest BCUT2D eigenvalue weighted by Gasteiger charge is -2.16. The Labute approximate surface area is 178 Å². The van der Waals surface area contributed by atoms with Gasteiger partial charge in [0.2, 0.25) is 15.9 Å². The lowest BCUT2D eigenvalue weighted by Crippen LogP contribution is -2.24. The van der Waals surface area contributed by atoms with Crippen molar-refractivity contribution in [3.05, 3.63) is 36.4 Å². The van der Waals surface area contributed by atoms with Gasteiger partial charge < -0.3 is 24.8 Å². The van der Waals surface area contributed by atoms with Gasteiger partial charge in [-0.3, -0.25) is 4.79 Å². The van der Waals surface area contributed by atoms with Crippen LogP contribution in [0.3, 0.4) is 0 Å². The van der Waals surface area contributed by atoms with Crippen LogP contribution in [0, 0.1) is 0 Å². The van der Waals surface area contributed by atoms with E-state index in [1.807, 2.05) is 0 Å². The standard InChI is InChI=1S/C19H23F2N3O6S/c1-24(2)31(26,27)17-10-13(6-8-15(17)29-4)23-18(25)11-22-12-5-7-14(28-3)16(9-12)30-19(20)21/h5-10,19,22H,11H2,1-4H3,(H,23,25). The summed E-state index contributed by atoms with van der Waals surface area (Å²) < 4.78 is 65.5. The summed E-state index contributed by atoms with van der Waals surface area (Å²) >= 11 is 0. The number of ether oxygens (including phenoxy) is 3. The summed E-state index contributed by atoms with van der Waals surface area (Å²) in [5.41, 5.74) is 0.585. The van der Waals surface area contributed by atoms with Crippen molar-refractivity contribution in [2.24, 2.45) is 0 Å². The summed E-state index contributed by atoms with van der Waals surface area (Å²) in [5.74, 6) is -0.431. The Kier molecular flexibility index (Phi) is 8.00. The van der Waals surface area contributed by atoms with Crippen molar-refractivity contribution in [1.29, 1.82) is 0 Å². The van der Waals surface area contributed by atoms with Gasteiger partial charge in [0.1, 0.15) is 10.6 Å². The van der Waals surface area contributed by atoms with E-state index in [0.29, 0.717) is 5.69 Å². The normalized spacial score (nSPS) is 11.4. The number of hydrogen-bond donors (Lipinski definition) is 2. The Balaban J connectivity index is 2.12. The second-order valence-electron chi connectivity index (χ2n) is 6.30. The van der Waals surface area contributed by atoms with Gasteiger partial charge in [0, 0.05) is 31.5 Å². The quantitative estimate of drug-likeness (QED) is 0.563. The number of sulfonamides is 1. The third-order valence-corrected chi connectivity index (χ3v) is 5.88. The molecule has 0 saturated heterocycles. The lowest BCUT2D eigenvalue weighted by atomic mass is 10.2. The van der Waals surface area contributed by atoms with Gasteiger partial charge in [-0.25, -0.2) is 12.7 Å². The fourth-order valence-corrected chi connectivity index (χ4v) is 3.59. The average molecular weight is 459 g/mol.